The van der Waals surface area contributed by atoms with Crippen molar-refractivity contribution >= 4 is 26.7 Å². The third-order valence-corrected chi connectivity index (χ3v) is 11.4. The number of aliphatic hydroxyl groups is 2. The number of hydrogen-bond donors (Lipinski definition) is 2. The molecule has 0 aromatic heterocycles. The zero-order valence-corrected chi connectivity index (χ0v) is 25.1. The van der Waals surface area contributed by atoms with E-state index in [2.05, 4.69) is 42.1 Å². The molecule has 204 valence electrons. The fourth-order valence-corrected chi connectivity index (χ4v) is 7.55. The number of allylic oxidation sites excluding steroid dienone is 5. The molecule has 1 saturated heterocycles. The van der Waals surface area contributed by atoms with Crippen LogP contribution in [0.3, 0.4) is 0 Å². The van der Waals surface area contributed by atoms with Gasteiger partial charge >= 0.3 is 0 Å². The van der Waals surface area contributed by atoms with Crippen molar-refractivity contribution in [1.29, 1.82) is 0 Å². The van der Waals surface area contributed by atoms with Crippen LogP contribution in [0.15, 0.2) is 36.0 Å². The molecule has 7 heteroatoms. The van der Waals surface area contributed by atoms with Crippen LogP contribution in [0.1, 0.15) is 87.5 Å². The van der Waals surface area contributed by atoms with Gasteiger partial charge in [-0.05, 0) is 116 Å². The van der Waals surface area contributed by atoms with Gasteiger partial charge in [0.15, 0.2) is 0 Å². The SMILES string of the molecule is CC(C)(O)C(C)(C)O[B]C1CC([B]OC(C)(C)C(C)(C)O)CC(C2=CC3SC4CCC=CC4C3C=C2)C1. The number of fused-ring (bicyclic) bond motifs is 3. The second kappa shape index (κ2) is 10.8. The minimum absolute atomic E-state index is 0.254. The zero-order valence-electron chi connectivity index (χ0n) is 24.2. The fourth-order valence-electron chi connectivity index (χ4n) is 5.73. The summed E-state index contributed by atoms with van der Waals surface area (Å²) in [6.07, 6.45) is 17.8. The van der Waals surface area contributed by atoms with Crippen LogP contribution in [0.2, 0.25) is 11.6 Å². The van der Waals surface area contributed by atoms with Crippen LogP contribution in [-0.2, 0) is 9.31 Å². The Morgan fingerprint density at radius 1 is 0.811 bits per heavy atom. The van der Waals surface area contributed by atoms with Crippen molar-refractivity contribution in [2.75, 3.05) is 0 Å². The van der Waals surface area contributed by atoms with Gasteiger partial charge in [-0.2, -0.15) is 0 Å². The van der Waals surface area contributed by atoms with Crippen LogP contribution < -0.4 is 0 Å². The van der Waals surface area contributed by atoms with Crippen LogP contribution in [0.25, 0.3) is 0 Å². The minimum Gasteiger partial charge on any atom is -0.433 e. The molecule has 6 unspecified atom stereocenters. The second-order valence-corrected chi connectivity index (χ2v) is 15.3. The molecule has 2 radical (unpaired) electrons. The first-order chi connectivity index (χ1) is 17.1. The van der Waals surface area contributed by atoms with Gasteiger partial charge < -0.3 is 19.5 Å². The molecule has 2 N–H and O–H groups in total. The lowest BCUT2D eigenvalue weighted by atomic mass is 9.55. The van der Waals surface area contributed by atoms with Crippen molar-refractivity contribution in [2.45, 2.75) is 132 Å². The normalized spacial score (nSPS) is 34.5. The van der Waals surface area contributed by atoms with E-state index in [1.165, 1.54) is 18.4 Å². The molecule has 4 nitrogen and oxygen atoms in total. The summed E-state index contributed by atoms with van der Waals surface area (Å²) in [7, 11) is 3.96. The first-order valence-corrected chi connectivity index (χ1v) is 15.2. The Morgan fingerprint density at radius 3 is 1.92 bits per heavy atom. The maximum atomic E-state index is 10.6. The van der Waals surface area contributed by atoms with E-state index in [1.807, 2.05) is 42.7 Å². The summed E-state index contributed by atoms with van der Waals surface area (Å²) in [6.45, 7) is 15.0. The Morgan fingerprint density at radius 2 is 1.38 bits per heavy atom. The van der Waals surface area contributed by atoms with E-state index in [-0.39, 0.29) is 11.6 Å². The van der Waals surface area contributed by atoms with Crippen LogP contribution in [0.4, 0.5) is 0 Å². The van der Waals surface area contributed by atoms with Crippen LogP contribution >= 0.6 is 11.8 Å². The number of hydrogen-bond acceptors (Lipinski definition) is 5. The molecule has 0 bridgehead atoms. The van der Waals surface area contributed by atoms with Gasteiger partial charge in [0.2, 0.25) is 0 Å². The van der Waals surface area contributed by atoms with Crippen molar-refractivity contribution in [1.82, 2.24) is 0 Å². The predicted molar refractivity (Wildman–Crippen MR) is 157 cm³/mol. The lowest BCUT2D eigenvalue weighted by Gasteiger charge is -2.42. The highest BCUT2D eigenvalue weighted by Gasteiger charge is 2.44. The maximum Gasteiger partial charge on any atom is 0.296 e. The first-order valence-electron chi connectivity index (χ1n) is 14.3. The van der Waals surface area contributed by atoms with Crippen LogP contribution in [0, 0.1) is 17.8 Å². The number of thioether (sulfide) groups is 1. The highest BCUT2D eigenvalue weighted by molar-refractivity contribution is 8.01. The van der Waals surface area contributed by atoms with Crippen LogP contribution in [-0.4, -0.2) is 58.1 Å². The van der Waals surface area contributed by atoms with E-state index >= 15 is 0 Å². The van der Waals surface area contributed by atoms with Crippen molar-refractivity contribution in [3.05, 3.63) is 36.0 Å². The van der Waals surface area contributed by atoms with E-state index in [4.69, 9.17) is 9.31 Å². The molecule has 4 aliphatic rings. The van der Waals surface area contributed by atoms with Crippen molar-refractivity contribution in [2.24, 2.45) is 17.8 Å². The molecule has 1 aliphatic heterocycles. The molecule has 0 spiro atoms. The Kier molecular flexibility index (Phi) is 8.65. The molecule has 0 aromatic carbocycles. The van der Waals surface area contributed by atoms with Crippen LogP contribution in [0.5, 0.6) is 0 Å². The summed E-state index contributed by atoms with van der Waals surface area (Å²) in [4.78, 5) is 0. The van der Waals surface area contributed by atoms with Gasteiger partial charge in [0.25, 0.3) is 15.0 Å². The Bertz CT molecular complexity index is 860. The fraction of sp³-hybridized carbons (Fsp3) is 0.800. The van der Waals surface area contributed by atoms with E-state index in [0.29, 0.717) is 23.0 Å². The lowest BCUT2D eigenvalue weighted by molar-refractivity contribution is -0.0923. The largest absolute Gasteiger partial charge is 0.433 e. The monoisotopic (exact) mass is 526 g/mol. The van der Waals surface area contributed by atoms with Crippen molar-refractivity contribution in [3.8, 4) is 0 Å². The van der Waals surface area contributed by atoms with Gasteiger partial charge in [-0.25, -0.2) is 0 Å². The Labute approximate surface area is 231 Å². The van der Waals surface area contributed by atoms with Gasteiger partial charge in [-0.1, -0.05) is 36.8 Å². The van der Waals surface area contributed by atoms with E-state index < -0.39 is 22.4 Å². The summed E-state index contributed by atoms with van der Waals surface area (Å²) in [5.41, 5.74) is -1.80. The summed E-state index contributed by atoms with van der Waals surface area (Å²) < 4.78 is 12.5. The molecule has 2 fully saturated rings. The van der Waals surface area contributed by atoms with Gasteiger partial charge in [0.05, 0.1) is 22.4 Å². The first kappa shape index (κ1) is 29.5. The zero-order chi connectivity index (χ0) is 27.2. The molecule has 3 aliphatic carbocycles. The average molecular weight is 526 g/mol. The number of rotatable bonds is 9. The lowest BCUT2D eigenvalue weighted by Crippen LogP contribution is -2.49. The summed E-state index contributed by atoms with van der Waals surface area (Å²) >= 11 is 2.18. The van der Waals surface area contributed by atoms with E-state index in [0.717, 1.165) is 24.5 Å². The van der Waals surface area contributed by atoms with Gasteiger partial charge in [0, 0.05) is 10.5 Å². The van der Waals surface area contributed by atoms with Gasteiger partial charge in [0.1, 0.15) is 0 Å². The third kappa shape index (κ3) is 6.65. The second-order valence-electron chi connectivity index (χ2n) is 13.9. The molecule has 0 amide bonds. The Hall–Kier alpha value is -0.460. The van der Waals surface area contributed by atoms with Crippen molar-refractivity contribution in [3.63, 3.8) is 0 Å². The molecule has 37 heavy (non-hydrogen) atoms. The minimum atomic E-state index is -0.947. The maximum absolute atomic E-state index is 10.6. The smallest absolute Gasteiger partial charge is 0.296 e. The molecule has 6 atom stereocenters. The topological polar surface area (TPSA) is 58.9 Å². The molecule has 4 rings (SSSR count). The standard InChI is InChI=1S/C30H48B2O4S/c1-27(2,33)29(5,6)35-31-21-15-20(16-22(18-21)32-36-30(7,8)28(3,4)34)19-13-14-24-23-11-9-10-12-25(23)37-26(24)17-19/h9,11,13-14,17,20-26,33-34H,10,12,15-16,18H2,1-8H3. The van der Waals surface area contributed by atoms with E-state index in [9.17, 15) is 10.2 Å². The van der Waals surface area contributed by atoms with E-state index in [1.54, 1.807) is 27.7 Å². The summed E-state index contributed by atoms with van der Waals surface area (Å²) in [5.74, 6) is 2.24. The summed E-state index contributed by atoms with van der Waals surface area (Å²) in [6, 6.07) is 0. The highest BCUT2D eigenvalue weighted by atomic mass is 32.2. The molecule has 1 saturated carbocycles. The van der Waals surface area contributed by atoms with Gasteiger partial charge in [-0.3, -0.25) is 0 Å². The average Bonchev–Trinajstić information content (AvgIpc) is 3.18. The molecule has 0 aromatic rings. The summed E-state index contributed by atoms with van der Waals surface area (Å²) in [5, 5.41) is 22.5. The molecular formula is C30H48B2O4S. The highest BCUT2D eigenvalue weighted by Crippen LogP contribution is 2.52. The third-order valence-electron chi connectivity index (χ3n) is 9.74. The molecule has 1 heterocycles. The van der Waals surface area contributed by atoms with Gasteiger partial charge in [-0.15, -0.1) is 11.8 Å². The Balaban J connectivity index is 1.48. The molecular weight excluding hydrogens is 478 g/mol. The quantitative estimate of drug-likeness (QED) is 0.273. The van der Waals surface area contributed by atoms with Crippen molar-refractivity contribution < 1.29 is 19.5 Å². The predicted octanol–water partition coefficient (Wildman–Crippen LogP) is 6.30.